The number of carbonyl (C=O) groups is 2. The Bertz CT molecular complexity index is 1600. The zero-order valence-corrected chi connectivity index (χ0v) is 22.7. The van der Waals surface area contributed by atoms with E-state index in [1.54, 1.807) is 24.3 Å². The van der Waals surface area contributed by atoms with Crippen LogP contribution in [0.1, 0.15) is 29.6 Å². The van der Waals surface area contributed by atoms with Gasteiger partial charge in [-0.05, 0) is 73.5 Å². The van der Waals surface area contributed by atoms with Crippen LogP contribution in [-0.4, -0.2) is 60.7 Å². The van der Waals surface area contributed by atoms with Crippen LogP contribution in [0.15, 0.2) is 77.7 Å². The molecule has 13 heteroatoms. The third kappa shape index (κ3) is 6.99. The van der Waals surface area contributed by atoms with Crippen molar-refractivity contribution < 1.29 is 27.5 Å². The second-order valence-electron chi connectivity index (χ2n) is 9.75. The van der Waals surface area contributed by atoms with E-state index in [0.29, 0.717) is 0 Å². The van der Waals surface area contributed by atoms with Crippen molar-refractivity contribution in [3.63, 3.8) is 0 Å². The van der Waals surface area contributed by atoms with Gasteiger partial charge in [0, 0.05) is 30.4 Å². The molecule has 1 aliphatic heterocycles. The molecule has 1 unspecified atom stereocenters. The van der Waals surface area contributed by atoms with Crippen molar-refractivity contribution in [1.82, 2.24) is 20.0 Å². The Balaban J connectivity index is 1.17. The van der Waals surface area contributed by atoms with Crippen LogP contribution in [0.4, 0.5) is 16.0 Å². The van der Waals surface area contributed by atoms with Crippen molar-refractivity contribution in [1.29, 1.82) is 0 Å². The maximum absolute atomic E-state index is 13.2. The summed E-state index contributed by atoms with van der Waals surface area (Å²) in [6.45, 7) is 1.60. The van der Waals surface area contributed by atoms with Crippen LogP contribution < -0.4 is 20.3 Å². The van der Waals surface area contributed by atoms with Crippen LogP contribution in [0.3, 0.4) is 0 Å². The van der Waals surface area contributed by atoms with Crippen LogP contribution >= 0.6 is 0 Å². The molecule has 0 aliphatic carbocycles. The summed E-state index contributed by atoms with van der Waals surface area (Å²) < 4.78 is 40.7. The molecule has 4 aromatic rings. The highest BCUT2D eigenvalue weighted by molar-refractivity contribution is 7.89. The van der Waals surface area contributed by atoms with Crippen LogP contribution in [0, 0.1) is 5.82 Å². The zero-order valence-electron chi connectivity index (χ0n) is 21.9. The Kier molecular flexibility index (Phi) is 8.17. The smallest absolute Gasteiger partial charge is 0.306 e. The van der Waals surface area contributed by atoms with E-state index in [0.717, 1.165) is 72.9 Å². The fourth-order valence-electron chi connectivity index (χ4n) is 4.73. The Morgan fingerprint density at radius 3 is 2.37 bits per heavy atom. The van der Waals surface area contributed by atoms with E-state index in [-0.39, 0.29) is 16.5 Å². The average Bonchev–Trinajstić information content (AvgIpc) is 3.35. The van der Waals surface area contributed by atoms with Crippen LogP contribution in [0.25, 0.3) is 11.0 Å². The first kappa shape index (κ1) is 28.1. The summed E-state index contributed by atoms with van der Waals surface area (Å²) in [4.78, 5) is 34.0. The Morgan fingerprint density at radius 1 is 1.02 bits per heavy atom. The van der Waals surface area contributed by atoms with Crippen LogP contribution in [0.5, 0.6) is 0 Å². The number of halogens is 1. The lowest BCUT2D eigenvalue weighted by atomic mass is 10.0. The third-order valence-electron chi connectivity index (χ3n) is 6.83. The molecule has 214 valence electrons. The molecule has 2 heterocycles. The first-order chi connectivity index (χ1) is 19.7. The van der Waals surface area contributed by atoms with Crippen molar-refractivity contribution in [3.8, 4) is 0 Å². The van der Waals surface area contributed by atoms with E-state index in [4.69, 9.17) is 0 Å². The van der Waals surface area contributed by atoms with Gasteiger partial charge in [-0.3, -0.25) is 9.59 Å². The number of carboxylic acids is 1. The number of aliphatic carboxylic acids is 1. The van der Waals surface area contributed by atoms with E-state index in [1.165, 1.54) is 0 Å². The molecule has 1 aliphatic rings. The number of carboxylic acid groups (broad SMARTS) is 1. The number of H-pyrrole nitrogens is 1. The van der Waals surface area contributed by atoms with Crippen molar-refractivity contribution in [2.75, 3.05) is 23.3 Å². The number of anilines is 2. The predicted octanol–water partition coefficient (Wildman–Crippen LogP) is 3.29. The van der Waals surface area contributed by atoms with Gasteiger partial charge in [-0.25, -0.2) is 17.8 Å². The highest BCUT2D eigenvalue weighted by Crippen LogP contribution is 2.23. The van der Waals surface area contributed by atoms with Gasteiger partial charge in [-0.1, -0.05) is 12.1 Å². The van der Waals surface area contributed by atoms with Crippen molar-refractivity contribution >= 4 is 44.6 Å². The number of hydrogen-bond acceptors (Lipinski definition) is 7. The predicted molar refractivity (Wildman–Crippen MR) is 152 cm³/mol. The number of aromatic nitrogens is 2. The van der Waals surface area contributed by atoms with Gasteiger partial charge in [-0.15, -0.1) is 0 Å². The van der Waals surface area contributed by atoms with E-state index >= 15 is 0 Å². The molecule has 11 nitrogen and oxygen atoms in total. The monoisotopic (exact) mass is 580 g/mol. The molecule has 0 saturated carbocycles. The lowest BCUT2D eigenvalue weighted by molar-refractivity contribution is -0.137. The summed E-state index contributed by atoms with van der Waals surface area (Å²) in [5.41, 5.74) is 3.07. The third-order valence-corrected chi connectivity index (χ3v) is 8.31. The van der Waals surface area contributed by atoms with Gasteiger partial charge in [0.05, 0.1) is 22.3 Å². The van der Waals surface area contributed by atoms with Crippen molar-refractivity contribution in [3.05, 3.63) is 84.2 Å². The normalized spacial score (nSPS) is 15.0. The molecule has 1 atom stereocenters. The number of sulfonamides is 1. The van der Waals surface area contributed by atoms with E-state index in [1.807, 2.05) is 24.3 Å². The van der Waals surface area contributed by atoms with Crippen molar-refractivity contribution in [2.45, 2.75) is 36.4 Å². The van der Waals surface area contributed by atoms with Crippen molar-refractivity contribution in [2.24, 2.45) is 0 Å². The second kappa shape index (κ2) is 11.9. The number of imidazole rings is 1. The van der Waals surface area contributed by atoms with Crippen LogP contribution in [0.2, 0.25) is 0 Å². The zero-order chi connectivity index (χ0) is 29.0. The highest BCUT2D eigenvalue weighted by atomic mass is 32.2. The molecule has 3 aromatic carbocycles. The fraction of sp³-hybridized carbons (Fsp3) is 0.250. The quantitative estimate of drug-likeness (QED) is 0.179. The molecule has 1 aromatic heterocycles. The molecular formula is C28H29FN6O5S. The Morgan fingerprint density at radius 2 is 1.71 bits per heavy atom. The molecule has 0 spiro atoms. The summed E-state index contributed by atoms with van der Waals surface area (Å²) in [6, 6.07) is 19.0. The molecule has 1 amide bonds. The standard InChI is InChI=1S/C28H29FN6O5S/c29-19-7-11-22(12-8-19)41(39,40)34-25(17-26(36)37)33-27(38)18-5-9-21(10-6-18)35-15-13-20(14-16-35)30-28-31-23-3-1-2-4-24(23)32-28/h1-12,20,25,34H,13-17H2,(H,33,38)(H,36,37)(H2,30,31,32). The number of amides is 1. The SMILES string of the molecule is O=C(O)CC(NC(=O)c1ccc(N2CCC(Nc3nc4ccccc4[nH]3)CC2)cc1)NS(=O)(=O)c1ccc(F)cc1. The molecule has 1 fully saturated rings. The number of nitrogens with zero attached hydrogens (tertiary/aromatic N) is 2. The number of nitrogens with one attached hydrogen (secondary N) is 4. The maximum Gasteiger partial charge on any atom is 0.306 e. The van der Waals surface area contributed by atoms with E-state index in [2.05, 4.69) is 30.2 Å². The summed E-state index contributed by atoms with van der Waals surface area (Å²) in [7, 11) is -4.21. The Hall–Kier alpha value is -4.49. The number of benzene rings is 3. The van der Waals surface area contributed by atoms with Gasteiger partial charge in [0.2, 0.25) is 16.0 Å². The molecule has 0 bridgehead atoms. The number of fused-ring (bicyclic) bond motifs is 1. The fourth-order valence-corrected chi connectivity index (χ4v) is 5.87. The highest BCUT2D eigenvalue weighted by Gasteiger charge is 2.25. The van der Waals surface area contributed by atoms with Gasteiger partial charge in [-0.2, -0.15) is 4.72 Å². The lowest BCUT2D eigenvalue weighted by Gasteiger charge is -2.34. The van der Waals surface area contributed by atoms with Gasteiger partial charge >= 0.3 is 5.97 Å². The maximum atomic E-state index is 13.2. The summed E-state index contributed by atoms with van der Waals surface area (Å²) in [5.74, 6) is -1.82. The minimum absolute atomic E-state index is 0.242. The molecule has 5 N–H and O–H groups in total. The minimum atomic E-state index is -4.21. The minimum Gasteiger partial charge on any atom is -0.481 e. The first-order valence-electron chi connectivity index (χ1n) is 13.0. The second-order valence-corrected chi connectivity index (χ2v) is 11.5. The van der Waals surface area contributed by atoms with E-state index < -0.39 is 40.3 Å². The van der Waals surface area contributed by atoms with Gasteiger partial charge < -0.3 is 25.6 Å². The largest absolute Gasteiger partial charge is 0.481 e. The molecule has 41 heavy (non-hydrogen) atoms. The number of para-hydroxylation sites is 2. The first-order valence-corrected chi connectivity index (χ1v) is 14.5. The van der Waals surface area contributed by atoms with Gasteiger partial charge in [0.1, 0.15) is 12.0 Å². The number of carbonyl (C=O) groups excluding carboxylic acids is 1. The number of hydrogen-bond donors (Lipinski definition) is 5. The number of rotatable bonds is 10. The molecule has 5 rings (SSSR count). The van der Waals surface area contributed by atoms with Gasteiger partial charge in [0.15, 0.2) is 0 Å². The Labute approximate surface area is 235 Å². The summed E-state index contributed by atoms with van der Waals surface area (Å²) >= 11 is 0. The molecule has 0 radical (unpaired) electrons. The summed E-state index contributed by atoms with van der Waals surface area (Å²) in [5, 5.41) is 15.1. The average molecular weight is 581 g/mol. The molecular weight excluding hydrogens is 551 g/mol. The lowest BCUT2D eigenvalue weighted by Crippen LogP contribution is -2.49. The van der Waals surface area contributed by atoms with E-state index in [9.17, 15) is 27.5 Å². The molecule has 1 saturated heterocycles. The van der Waals surface area contributed by atoms with Gasteiger partial charge in [0.25, 0.3) is 5.91 Å². The topological polar surface area (TPSA) is 157 Å². The number of piperidine rings is 1. The number of aromatic amines is 1. The summed E-state index contributed by atoms with van der Waals surface area (Å²) in [6.07, 6.45) is -0.330. The van der Waals surface area contributed by atoms with Crippen LogP contribution in [-0.2, 0) is 14.8 Å².